The van der Waals surface area contributed by atoms with E-state index in [2.05, 4.69) is 24.3 Å². The Morgan fingerprint density at radius 2 is 1.96 bits per heavy atom. The number of carboxylic acids is 1. The summed E-state index contributed by atoms with van der Waals surface area (Å²) in [7, 11) is 1.95. The highest BCUT2D eigenvalue weighted by Gasteiger charge is 2.15. The molecule has 1 N–H and O–H groups in total. The van der Waals surface area contributed by atoms with Crippen LogP contribution in [-0.2, 0) is 6.54 Å². The van der Waals surface area contributed by atoms with Crippen molar-refractivity contribution in [2.24, 2.45) is 0 Å². The van der Waals surface area contributed by atoms with Gasteiger partial charge in [-0.15, -0.1) is 11.3 Å². The van der Waals surface area contributed by atoms with E-state index in [-0.39, 0.29) is 5.56 Å². The molecule has 0 amide bonds. The third kappa shape index (κ3) is 3.12. The lowest BCUT2D eigenvalue weighted by Gasteiger charge is -2.16. The summed E-state index contributed by atoms with van der Waals surface area (Å²) < 4.78 is 5.74. The molecule has 0 saturated carbocycles. The zero-order valence-corrected chi connectivity index (χ0v) is 13.5. The minimum absolute atomic E-state index is 0.341. The van der Waals surface area contributed by atoms with Gasteiger partial charge in [-0.3, -0.25) is 0 Å². The lowest BCUT2D eigenvalue weighted by atomic mass is 10.1. The van der Waals surface area contributed by atoms with Gasteiger partial charge in [-0.2, -0.15) is 0 Å². The van der Waals surface area contributed by atoms with E-state index in [0.29, 0.717) is 16.8 Å². The molecule has 23 heavy (non-hydrogen) atoms. The van der Waals surface area contributed by atoms with Gasteiger partial charge in [-0.25, -0.2) is 9.59 Å². The smallest absolute Gasteiger partial charge is 0.351 e. The molecule has 5 nitrogen and oxygen atoms in total. The monoisotopic (exact) mass is 329 g/mol. The quantitative estimate of drug-likeness (QED) is 0.793. The Morgan fingerprint density at radius 1 is 1.26 bits per heavy atom. The molecule has 6 heteroatoms. The summed E-state index contributed by atoms with van der Waals surface area (Å²) in [5, 5.41) is 9.90. The van der Waals surface area contributed by atoms with Crippen molar-refractivity contribution in [3.8, 4) is 0 Å². The summed E-state index contributed by atoms with van der Waals surface area (Å²) >= 11 is 1.40. The Balaban J connectivity index is 1.91. The number of hydrogen-bond acceptors (Lipinski definition) is 5. The van der Waals surface area contributed by atoms with Gasteiger partial charge in [0.05, 0.1) is 9.70 Å². The zero-order chi connectivity index (χ0) is 16.6. The molecule has 118 valence electrons. The number of fused-ring (bicyclic) bond motifs is 1. The number of hydrogen-bond donors (Lipinski definition) is 1. The molecule has 0 radical (unpaired) electrons. The van der Waals surface area contributed by atoms with Gasteiger partial charge in [-0.1, -0.05) is 29.8 Å². The van der Waals surface area contributed by atoms with E-state index in [1.54, 1.807) is 6.07 Å². The second kappa shape index (κ2) is 5.89. The molecule has 0 fully saturated rings. The molecule has 0 aliphatic rings. The fourth-order valence-corrected chi connectivity index (χ4v) is 3.27. The van der Waals surface area contributed by atoms with Gasteiger partial charge in [0.1, 0.15) is 5.56 Å². The average molecular weight is 329 g/mol. The van der Waals surface area contributed by atoms with Gasteiger partial charge in [0.2, 0.25) is 0 Å². The maximum Gasteiger partial charge on any atom is 0.351 e. The predicted molar refractivity (Wildman–Crippen MR) is 90.6 cm³/mol. The third-order valence-electron chi connectivity index (χ3n) is 3.56. The van der Waals surface area contributed by atoms with Gasteiger partial charge in [-0.05, 0) is 18.6 Å². The number of thiophene rings is 1. The van der Waals surface area contributed by atoms with Crippen molar-refractivity contribution in [2.75, 3.05) is 11.9 Å². The van der Waals surface area contributed by atoms with Gasteiger partial charge in [0, 0.05) is 19.7 Å². The van der Waals surface area contributed by atoms with Crippen LogP contribution in [0.1, 0.15) is 21.5 Å². The summed E-state index contributed by atoms with van der Waals surface area (Å²) in [6.45, 7) is 2.75. The third-order valence-corrected chi connectivity index (χ3v) is 4.73. The van der Waals surface area contributed by atoms with E-state index < -0.39 is 11.6 Å². The highest BCUT2D eigenvalue weighted by molar-refractivity contribution is 7.22. The molecule has 3 aromatic rings. The second-order valence-electron chi connectivity index (χ2n) is 5.41. The largest absolute Gasteiger partial charge is 0.477 e. The fraction of sp³-hybridized carbons (Fsp3) is 0.176. The number of aryl methyl sites for hydroxylation is 1. The van der Waals surface area contributed by atoms with Crippen LogP contribution >= 0.6 is 11.3 Å². The SMILES string of the molecule is Cc1ccc(CN(C)c2cc3oc(=O)c(C(=O)O)cc3s2)cc1. The lowest BCUT2D eigenvalue weighted by Crippen LogP contribution is -2.14. The first kappa shape index (κ1) is 15.3. The number of anilines is 1. The summed E-state index contributed by atoms with van der Waals surface area (Å²) in [5.74, 6) is -1.27. The van der Waals surface area contributed by atoms with E-state index >= 15 is 0 Å². The van der Waals surface area contributed by atoms with Crippen LogP contribution in [-0.4, -0.2) is 18.1 Å². The molecule has 0 saturated heterocycles. The van der Waals surface area contributed by atoms with Crippen molar-refractivity contribution in [2.45, 2.75) is 13.5 Å². The van der Waals surface area contributed by atoms with Crippen molar-refractivity contribution in [1.29, 1.82) is 0 Å². The van der Waals surface area contributed by atoms with E-state index in [0.717, 1.165) is 5.00 Å². The minimum atomic E-state index is -1.27. The molecule has 0 spiro atoms. The van der Waals surface area contributed by atoms with Crippen molar-refractivity contribution in [3.05, 3.63) is 63.5 Å². The Labute approximate surface area is 136 Å². The molecule has 0 unspecified atom stereocenters. The minimum Gasteiger partial charge on any atom is -0.477 e. The molecular formula is C17H15NO4S. The van der Waals surface area contributed by atoms with E-state index in [9.17, 15) is 9.59 Å². The summed E-state index contributed by atoms with van der Waals surface area (Å²) in [6, 6.07) is 11.4. The zero-order valence-electron chi connectivity index (χ0n) is 12.7. The predicted octanol–water partition coefficient (Wildman–Crippen LogP) is 3.50. The maximum atomic E-state index is 11.6. The summed E-state index contributed by atoms with van der Waals surface area (Å²) in [6.07, 6.45) is 0. The topological polar surface area (TPSA) is 70.8 Å². The van der Waals surface area contributed by atoms with Crippen molar-refractivity contribution in [1.82, 2.24) is 0 Å². The first-order valence-electron chi connectivity index (χ1n) is 7.02. The molecule has 2 aromatic heterocycles. The Bertz CT molecular complexity index is 924. The van der Waals surface area contributed by atoms with Gasteiger partial charge >= 0.3 is 11.6 Å². The highest BCUT2D eigenvalue weighted by Crippen LogP contribution is 2.32. The maximum absolute atomic E-state index is 11.6. The van der Waals surface area contributed by atoms with Gasteiger partial charge in [0.15, 0.2) is 5.58 Å². The van der Waals surface area contributed by atoms with Crippen LogP contribution in [0.15, 0.2) is 45.6 Å². The van der Waals surface area contributed by atoms with Crippen LogP contribution in [0.3, 0.4) is 0 Å². The standard InChI is InChI=1S/C17H15NO4S/c1-10-3-5-11(6-4-10)9-18(2)15-8-13-14(23-15)7-12(16(19)20)17(21)22-13/h3-8H,9H2,1-2H3,(H,19,20). The number of carboxylic acid groups (broad SMARTS) is 1. The van der Waals surface area contributed by atoms with Crippen LogP contribution in [0.4, 0.5) is 5.00 Å². The van der Waals surface area contributed by atoms with Gasteiger partial charge in [0.25, 0.3) is 0 Å². The van der Waals surface area contributed by atoms with Gasteiger partial charge < -0.3 is 14.4 Å². The Kier molecular flexibility index (Phi) is 3.92. The highest BCUT2D eigenvalue weighted by atomic mass is 32.1. The molecule has 1 aromatic carbocycles. The Hall–Kier alpha value is -2.60. The van der Waals surface area contributed by atoms with Crippen molar-refractivity contribution in [3.63, 3.8) is 0 Å². The normalized spacial score (nSPS) is 10.9. The van der Waals surface area contributed by atoms with Crippen LogP contribution in [0, 0.1) is 6.92 Å². The second-order valence-corrected chi connectivity index (χ2v) is 6.47. The van der Waals surface area contributed by atoms with Crippen molar-refractivity contribution < 1.29 is 14.3 Å². The average Bonchev–Trinajstić information content (AvgIpc) is 2.91. The first-order chi connectivity index (χ1) is 10.9. The van der Waals surface area contributed by atoms with E-state index in [4.69, 9.17) is 9.52 Å². The summed E-state index contributed by atoms with van der Waals surface area (Å²) in [4.78, 5) is 24.7. The van der Waals surface area contributed by atoms with Crippen LogP contribution in [0.2, 0.25) is 0 Å². The molecule has 0 aliphatic heterocycles. The number of benzene rings is 1. The molecular weight excluding hydrogens is 314 g/mol. The van der Waals surface area contributed by atoms with Crippen LogP contribution in [0.25, 0.3) is 10.3 Å². The van der Waals surface area contributed by atoms with E-state index in [1.807, 2.05) is 18.9 Å². The number of nitrogens with zero attached hydrogens (tertiary/aromatic N) is 1. The first-order valence-corrected chi connectivity index (χ1v) is 7.83. The molecule has 0 bridgehead atoms. The lowest BCUT2D eigenvalue weighted by molar-refractivity contribution is 0.0692. The van der Waals surface area contributed by atoms with E-state index in [1.165, 1.54) is 28.5 Å². The Morgan fingerprint density at radius 3 is 2.61 bits per heavy atom. The summed E-state index contributed by atoms with van der Waals surface area (Å²) in [5.41, 5.74) is 1.63. The molecule has 0 aliphatic carbocycles. The number of carbonyl (C=O) groups is 1. The number of aromatic carboxylic acids is 1. The molecule has 3 rings (SSSR count). The number of rotatable bonds is 4. The van der Waals surface area contributed by atoms with Crippen LogP contribution < -0.4 is 10.5 Å². The van der Waals surface area contributed by atoms with Crippen LogP contribution in [0.5, 0.6) is 0 Å². The fourth-order valence-electron chi connectivity index (χ4n) is 2.28. The molecule has 0 atom stereocenters. The van der Waals surface area contributed by atoms with Crippen molar-refractivity contribution >= 4 is 32.6 Å². The molecule has 2 heterocycles.